The van der Waals surface area contributed by atoms with Crippen molar-refractivity contribution < 1.29 is 51.9 Å². The van der Waals surface area contributed by atoms with Gasteiger partial charge >= 0.3 is 29.6 Å². The first-order chi connectivity index (χ1) is 3.91. The van der Waals surface area contributed by atoms with E-state index in [-0.39, 0.29) is 29.6 Å². The van der Waals surface area contributed by atoms with Gasteiger partial charge in [0.1, 0.15) is 6.29 Å². The fourth-order valence-electron chi connectivity index (χ4n) is 0. The molecule has 0 aromatic heterocycles. The van der Waals surface area contributed by atoms with Gasteiger partial charge in [0.2, 0.25) is 10.4 Å². The molecule has 0 aliphatic rings. The van der Waals surface area contributed by atoms with Crippen LogP contribution in [0.25, 0.3) is 0 Å². The molecule has 10 heavy (non-hydrogen) atoms. The van der Waals surface area contributed by atoms with Crippen molar-refractivity contribution in [2.75, 3.05) is 0 Å². The molecule has 0 rings (SSSR count). The Kier molecular flexibility index (Phi) is 16.1. The van der Waals surface area contributed by atoms with Gasteiger partial charge in [0.25, 0.3) is 0 Å². The molecular formula is C3H7NaO5S. The van der Waals surface area contributed by atoms with Crippen LogP contribution in [0.4, 0.5) is 0 Å². The van der Waals surface area contributed by atoms with Gasteiger partial charge in [0.05, 0.1) is 0 Å². The molecule has 0 amide bonds. The fraction of sp³-hybridized carbons (Fsp3) is 0.667. The molecule has 7 heteroatoms. The molecule has 0 aliphatic carbocycles. The number of carbonyl (C=O) groups excluding carboxylic acids is 1. The smallest absolute Gasteiger partial charge is 0.726 e. The summed E-state index contributed by atoms with van der Waals surface area (Å²) >= 11 is 0. The van der Waals surface area contributed by atoms with Crippen molar-refractivity contribution in [3.8, 4) is 0 Å². The molecule has 0 aromatic carbocycles. The number of aldehydes is 1. The number of rotatable bonds is 1. The van der Waals surface area contributed by atoms with Crippen molar-refractivity contribution in [3.05, 3.63) is 0 Å². The van der Waals surface area contributed by atoms with E-state index in [2.05, 4.69) is 0 Å². The van der Waals surface area contributed by atoms with Gasteiger partial charge in [-0.05, 0) is 0 Å². The summed E-state index contributed by atoms with van der Waals surface area (Å²) in [5.41, 5.74) is 0. The van der Waals surface area contributed by atoms with Crippen molar-refractivity contribution >= 4 is 16.7 Å². The van der Waals surface area contributed by atoms with Gasteiger partial charge in [-0.3, -0.25) is 4.55 Å². The second-order valence-electron chi connectivity index (χ2n) is 1.00. The van der Waals surface area contributed by atoms with Crippen LogP contribution in [0.2, 0.25) is 0 Å². The second kappa shape index (κ2) is 9.54. The molecule has 0 aromatic rings. The van der Waals surface area contributed by atoms with E-state index in [1.165, 1.54) is 0 Å². The quantitative estimate of drug-likeness (QED) is 0.195. The molecule has 0 saturated carbocycles. The summed E-state index contributed by atoms with van der Waals surface area (Å²) in [6.07, 6.45) is 1.51. The van der Waals surface area contributed by atoms with Crippen LogP contribution >= 0.6 is 0 Å². The van der Waals surface area contributed by atoms with Gasteiger partial charge in [0, 0.05) is 6.42 Å². The number of carbonyl (C=O) groups is 1. The zero-order valence-electron chi connectivity index (χ0n) is 5.77. The maximum Gasteiger partial charge on any atom is 1.00 e. The zero-order valence-corrected chi connectivity index (χ0v) is 8.59. The Morgan fingerprint density at radius 1 is 1.60 bits per heavy atom. The average molecular weight is 178 g/mol. The van der Waals surface area contributed by atoms with E-state index in [0.717, 1.165) is 6.29 Å². The summed E-state index contributed by atoms with van der Waals surface area (Å²) in [7, 11) is -4.92. The minimum atomic E-state index is -4.92. The average Bonchev–Trinajstić information content (AvgIpc) is 1.61. The van der Waals surface area contributed by atoms with Crippen LogP contribution in [0.1, 0.15) is 13.3 Å². The van der Waals surface area contributed by atoms with Gasteiger partial charge in [-0.25, -0.2) is 8.42 Å². The number of hydrogen-bond donors (Lipinski definition) is 1. The molecule has 0 bridgehead atoms. The predicted molar refractivity (Wildman–Crippen MR) is 28.7 cm³/mol. The third-order valence-corrected chi connectivity index (χ3v) is 0.167. The second-order valence-corrected chi connectivity index (χ2v) is 1.86. The molecule has 0 unspecified atom stereocenters. The molecule has 56 valence electrons. The van der Waals surface area contributed by atoms with E-state index in [1.54, 1.807) is 0 Å². The van der Waals surface area contributed by atoms with Crippen molar-refractivity contribution in [1.29, 1.82) is 0 Å². The Morgan fingerprint density at radius 3 is 1.70 bits per heavy atom. The Bertz CT molecular complexity index is 142. The van der Waals surface area contributed by atoms with E-state index in [4.69, 9.17) is 17.5 Å². The first-order valence-corrected chi connectivity index (χ1v) is 3.40. The van der Waals surface area contributed by atoms with Gasteiger partial charge in [-0.1, -0.05) is 6.92 Å². The molecule has 0 heterocycles. The molecule has 0 radical (unpaired) electrons. The Labute approximate surface area is 81.7 Å². The molecule has 5 nitrogen and oxygen atoms in total. The summed E-state index contributed by atoms with van der Waals surface area (Å²) in [4.78, 5) is 9.17. The molecule has 0 aliphatic heterocycles. The van der Waals surface area contributed by atoms with Crippen LogP contribution in [-0.2, 0) is 15.2 Å². The normalized spacial score (nSPS) is 8.30. The predicted octanol–water partition coefficient (Wildman–Crippen LogP) is -3.40. The minimum absolute atomic E-state index is 0. The van der Waals surface area contributed by atoms with Gasteiger partial charge < -0.3 is 9.35 Å². The number of hydrogen-bond acceptors (Lipinski definition) is 4. The largest absolute Gasteiger partial charge is 1.00 e. The van der Waals surface area contributed by atoms with Crippen LogP contribution in [-0.4, -0.2) is 23.8 Å². The van der Waals surface area contributed by atoms with E-state index < -0.39 is 10.4 Å². The summed E-state index contributed by atoms with van der Waals surface area (Å²) in [6.45, 7) is 1.81. The molecule has 0 saturated heterocycles. The maximum atomic E-state index is 9.17. The first kappa shape index (κ1) is 16.9. The standard InChI is InChI=1S/C3H6O.Na.H2O4S/c1-2-3-4;;1-5(2,3)4/h3H,2H2,1H3;;(H2,1,2,3,4)/q;+1;/p-1. The van der Waals surface area contributed by atoms with Gasteiger partial charge in [0.15, 0.2) is 0 Å². The van der Waals surface area contributed by atoms with Crippen LogP contribution in [0, 0.1) is 0 Å². The van der Waals surface area contributed by atoms with Crippen LogP contribution in [0.15, 0.2) is 0 Å². The van der Waals surface area contributed by atoms with Gasteiger partial charge in [-0.2, -0.15) is 0 Å². The zero-order chi connectivity index (χ0) is 7.91. The topological polar surface area (TPSA) is 94.5 Å². The molecule has 0 spiro atoms. The van der Waals surface area contributed by atoms with Gasteiger partial charge in [-0.15, -0.1) is 0 Å². The third kappa shape index (κ3) is 205. The minimum Gasteiger partial charge on any atom is -0.726 e. The van der Waals surface area contributed by atoms with Crippen LogP contribution < -0.4 is 29.6 Å². The summed E-state index contributed by atoms with van der Waals surface area (Å²) < 4.78 is 32.8. The van der Waals surface area contributed by atoms with E-state index >= 15 is 0 Å². The van der Waals surface area contributed by atoms with E-state index in [0.29, 0.717) is 6.42 Å². The fourth-order valence-corrected chi connectivity index (χ4v) is 0. The van der Waals surface area contributed by atoms with Crippen LogP contribution in [0.5, 0.6) is 0 Å². The summed E-state index contributed by atoms with van der Waals surface area (Å²) in [5, 5.41) is 0. The Hall–Kier alpha value is 0.540. The van der Waals surface area contributed by atoms with E-state index in [9.17, 15) is 4.79 Å². The van der Waals surface area contributed by atoms with Crippen molar-refractivity contribution in [1.82, 2.24) is 0 Å². The van der Waals surface area contributed by atoms with Crippen molar-refractivity contribution in [3.63, 3.8) is 0 Å². The molecule has 1 N–H and O–H groups in total. The Balaban J connectivity index is -0.0000000910. The molecular weight excluding hydrogens is 171 g/mol. The van der Waals surface area contributed by atoms with Crippen molar-refractivity contribution in [2.45, 2.75) is 13.3 Å². The van der Waals surface area contributed by atoms with E-state index in [1.807, 2.05) is 6.92 Å². The summed E-state index contributed by atoms with van der Waals surface area (Å²) in [6, 6.07) is 0. The van der Waals surface area contributed by atoms with Crippen LogP contribution in [0.3, 0.4) is 0 Å². The Morgan fingerprint density at radius 2 is 1.70 bits per heavy atom. The molecule has 0 fully saturated rings. The maximum absolute atomic E-state index is 9.17. The first-order valence-electron chi connectivity index (χ1n) is 2.03. The van der Waals surface area contributed by atoms with Crippen molar-refractivity contribution in [2.24, 2.45) is 0 Å². The summed E-state index contributed by atoms with van der Waals surface area (Å²) in [5.74, 6) is 0. The SMILES string of the molecule is CCC=O.O=S(=O)([O-])O.[Na+]. The monoisotopic (exact) mass is 178 g/mol. The molecule has 0 atom stereocenters. The third-order valence-electron chi connectivity index (χ3n) is 0.167.